The summed E-state index contributed by atoms with van der Waals surface area (Å²) < 4.78 is 22.9. The fourth-order valence-corrected chi connectivity index (χ4v) is 5.24. The summed E-state index contributed by atoms with van der Waals surface area (Å²) in [4.78, 5) is 28.1. The normalized spacial score (nSPS) is 24.2. The highest BCUT2D eigenvalue weighted by molar-refractivity contribution is 7.91. The Bertz CT molecular complexity index is 722. The van der Waals surface area contributed by atoms with Crippen LogP contribution in [0.15, 0.2) is 23.1 Å². The molecule has 1 atom stereocenters. The van der Waals surface area contributed by atoms with Gasteiger partial charge >= 0.3 is 0 Å². The van der Waals surface area contributed by atoms with Gasteiger partial charge < -0.3 is 9.88 Å². The van der Waals surface area contributed by atoms with E-state index >= 15 is 0 Å². The van der Waals surface area contributed by atoms with E-state index in [9.17, 15) is 18.0 Å². The zero-order valence-electron chi connectivity index (χ0n) is 13.7. The number of aromatic amines is 1. The molecule has 132 valence electrons. The molecule has 0 spiro atoms. The van der Waals surface area contributed by atoms with Crippen LogP contribution in [0.5, 0.6) is 0 Å². The molecule has 1 N–H and O–H groups in total. The minimum absolute atomic E-state index is 0.100. The van der Waals surface area contributed by atoms with Crippen molar-refractivity contribution >= 4 is 15.7 Å². The van der Waals surface area contributed by atoms with Crippen LogP contribution in [-0.4, -0.2) is 48.8 Å². The number of carbonyl (C=O) groups excluding carboxylic acids is 1. The Morgan fingerprint density at radius 1 is 1.17 bits per heavy atom. The number of amides is 1. The van der Waals surface area contributed by atoms with Crippen molar-refractivity contribution in [2.75, 3.05) is 24.6 Å². The van der Waals surface area contributed by atoms with Crippen LogP contribution in [-0.2, 0) is 21.1 Å². The molecule has 7 heteroatoms. The Morgan fingerprint density at radius 3 is 2.58 bits per heavy atom. The molecule has 0 aliphatic carbocycles. The maximum Gasteiger partial charge on any atom is 0.247 e. The quantitative estimate of drug-likeness (QED) is 0.875. The summed E-state index contributed by atoms with van der Waals surface area (Å²) in [7, 11) is -2.87. The van der Waals surface area contributed by atoms with E-state index in [1.165, 1.54) is 6.07 Å². The lowest BCUT2D eigenvalue weighted by Crippen LogP contribution is -2.33. The molecule has 0 radical (unpaired) electrons. The van der Waals surface area contributed by atoms with Crippen LogP contribution in [0.25, 0.3) is 0 Å². The van der Waals surface area contributed by atoms with E-state index in [4.69, 9.17) is 0 Å². The first-order valence-corrected chi connectivity index (χ1v) is 10.4. The zero-order valence-corrected chi connectivity index (χ0v) is 14.6. The van der Waals surface area contributed by atoms with E-state index in [-0.39, 0.29) is 28.9 Å². The van der Waals surface area contributed by atoms with Gasteiger partial charge in [-0.05, 0) is 43.1 Å². The van der Waals surface area contributed by atoms with Crippen LogP contribution in [0.3, 0.4) is 0 Å². The maximum absolute atomic E-state index is 12.4. The second-order valence-corrected chi connectivity index (χ2v) is 9.36. The molecule has 2 aliphatic heterocycles. The summed E-state index contributed by atoms with van der Waals surface area (Å²) in [6.07, 6.45) is 5.29. The summed E-state index contributed by atoms with van der Waals surface area (Å²) >= 11 is 0. The Kier molecular flexibility index (Phi) is 5.08. The molecule has 24 heavy (non-hydrogen) atoms. The number of hydrogen-bond acceptors (Lipinski definition) is 4. The van der Waals surface area contributed by atoms with Crippen molar-refractivity contribution in [2.24, 2.45) is 11.8 Å². The molecule has 0 bridgehead atoms. The number of pyridine rings is 1. The monoisotopic (exact) mass is 352 g/mol. The van der Waals surface area contributed by atoms with Crippen LogP contribution < -0.4 is 5.56 Å². The van der Waals surface area contributed by atoms with E-state index in [1.807, 2.05) is 11.0 Å². The van der Waals surface area contributed by atoms with Crippen molar-refractivity contribution in [3.63, 3.8) is 0 Å². The lowest BCUT2D eigenvalue weighted by atomic mass is 9.98. The van der Waals surface area contributed by atoms with Crippen LogP contribution in [0.2, 0.25) is 0 Å². The first kappa shape index (κ1) is 17.2. The Labute approximate surface area is 142 Å². The molecule has 2 fully saturated rings. The van der Waals surface area contributed by atoms with E-state index in [0.717, 1.165) is 31.5 Å². The minimum atomic E-state index is -2.87. The molecule has 1 aromatic heterocycles. The van der Waals surface area contributed by atoms with Crippen molar-refractivity contribution in [2.45, 2.75) is 32.1 Å². The Hall–Kier alpha value is -1.63. The molecule has 2 saturated heterocycles. The van der Waals surface area contributed by atoms with Crippen LogP contribution in [0, 0.1) is 11.8 Å². The lowest BCUT2D eigenvalue weighted by Gasteiger charge is -2.24. The van der Waals surface area contributed by atoms with Gasteiger partial charge in [0.2, 0.25) is 11.5 Å². The third-order valence-corrected chi connectivity index (χ3v) is 6.86. The SMILES string of the molecule is O=C(CC1CCS(=O)(=O)CC1)N1CC[C@H](Cc2ccc(=O)[nH]c2)C1. The van der Waals surface area contributed by atoms with Crippen molar-refractivity contribution in [3.8, 4) is 0 Å². The van der Waals surface area contributed by atoms with Gasteiger partial charge in [-0.15, -0.1) is 0 Å². The molecular weight excluding hydrogens is 328 g/mol. The smallest absolute Gasteiger partial charge is 0.247 e. The lowest BCUT2D eigenvalue weighted by molar-refractivity contribution is -0.131. The summed E-state index contributed by atoms with van der Waals surface area (Å²) in [6.45, 7) is 1.53. The predicted molar refractivity (Wildman–Crippen MR) is 91.4 cm³/mol. The molecule has 1 amide bonds. The van der Waals surface area contributed by atoms with Gasteiger partial charge in [0.05, 0.1) is 11.5 Å². The number of nitrogens with one attached hydrogen (secondary N) is 1. The molecule has 6 nitrogen and oxygen atoms in total. The van der Waals surface area contributed by atoms with Crippen molar-refractivity contribution in [1.29, 1.82) is 0 Å². The van der Waals surface area contributed by atoms with Gasteiger partial charge in [-0.25, -0.2) is 8.42 Å². The number of H-pyrrole nitrogens is 1. The molecular formula is C17H24N2O4S. The molecule has 0 saturated carbocycles. The number of sulfone groups is 1. The molecule has 3 heterocycles. The van der Waals surface area contributed by atoms with Crippen LogP contribution in [0.1, 0.15) is 31.2 Å². The van der Waals surface area contributed by atoms with Gasteiger partial charge in [-0.3, -0.25) is 9.59 Å². The van der Waals surface area contributed by atoms with Crippen molar-refractivity contribution < 1.29 is 13.2 Å². The minimum Gasteiger partial charge on any atom is -0.342 e. The number of nitrogens with zero attached hydrogens (tertiary/aromatic N) is 1. The van der Waals surface area contributed by atoms with Gasteiger partial charge in [0, 0.05) is 31.8 Å². The van der Waals surface area contributed by atoms with Gasteiger partial charge in [0.25, 0.3) is 0 Å². The fraction of sp³-hybridized carbons (Fsp3) is 0.647. The second kappa shape index (κ2) is 7.09. The zero-order chi connectivity index (χ0) is 17.2. The van der Waals surface area contributed by atoms with Crippen LogP contribution >= 0.6 is 0 Å². The van der Waals surface area contributed by atoms with E-state index < -0.39 is 9.84 Å². The maximum atomic E-state index is 12.4. The Balaban J connectivity index is 1.47. The van der Waals surface area contributed by atoms with E-state index in [1.54, 1.807) is 6.20 Å². The number of hydrogen-bond donors (Lipinski definition) is 1. The highest BCUT2D eigenvalue weighted by Gasteiger charge is 2.30. The highest BCUT2D eigenvalue weighted by atomic mass is 32.2. The highest BCUT2D eigenvalue weighted by Crippen LogP contribution is 2.26. The number of likely N-dealkylation sites (tertiary alicyclic amines) is 1. The largest absolute Gasteiger partial charge is 0.342 e. The molecule has 0 aromatic carbocycles. The Morgan fingerprint density at radius 2 is 1.92 bits per heavy atom. The summed E-state index contributed by atoms with van der Waals surface area (Å²) in [5.74, 6) is 1.23. The predicted octanol–water partition coefficient (Wildman–Crippen LogP) is 0.981. The third kappa shape index (κ3) is 4.47. The third-order valence-electron chi connectivity index (χ3n) is 5.15. The first-order chi connectivity index (χ1) is 11.4. The van der Waals surface area contributed by atoms with Gasteiger partial charge in [-0.1, -0.05) is 6.07 Å². The topological polar surface area (TPSA) is 87.3 Å². The van der Waals surface area contributed by atoms with E-state index in [2.05, 4.69) is 4.98 Å². The van der Waals surface area contributed by atoms with Gasteiger partial charge in [0.1, 0.15) is 9.84 Å². The number of carbonyl (C=O) groups is 1. The van der Waals surface area contributed by atoms with Gasteiger partial charge in [-0.2, -0.15) is 0 Å². The molecule has 2 aliphatic rings. The van der Waals surface area contributed by atoms with Gasteiger partial charge in [0.15, 0.2) is 0 Å². The van der Waals surface area contributed by atoms with E-state index in [0.29, 0.717) is 25.2 Å². The van der Waals surface area contributed by atoms with Crippen molar-refractivity contribution in [3.05, 3.63) is 34.2 Å². The first-order valence-electron chi connectivity index (χ1n) is 8.57. The summed E-state index contributed by atoms with van der Waals surface area (Å²) in [6, 6.07) is 3.37. The molecule has 1 aromatic rings. The number of aromatic nitrogens is 1. The summed E-state index contributed by atoms with van der Waals surface area (Å²) in [5.41, 5.74) is 0.989. The second-order valence-electron chi connectivity index (χ2n) is 7.06. The standard InChI is InChI=1S/C17H24N2O4S/c20-16-2-1-14(11-18-16)9-15-3-6-19(12-15)17(21)10-13-4-7-24(22,23)8-5-13/h1-2,11,13,15H,3-10,12H2,(H,18,20)/t15-/m1/s1. The fourth-order valence-electron chi connectivity index (χ4n) is 3.65. The molecule has 3 rings (SSSR count). The average molecular weight is 352 g/mol. The average Bonchev–Trinajstić information content (AvgIpc) is 3.00. The van der Waals surface area contributed by atoms with Crippen molar-refractivity contribution in [1.82, 2.24) is 9.88 Å². The molecule has 0 unspecified atom stereocenters. The summed E-state index contributed by atoms with van der Waals surface area (Å²) in [5, 5.41) is 0. The number of rotatable bonds is 4. The van der Waals surface area contributed by atoms with Crippen LogP contribution in [0.4, 0.5) is 0 Å².